The van der Waals surface area contributed by atoms with Gasteiger partial charge in [0, 0.05) is 4.88 Å². The highest BCUT2D eigenvalue weighted by molar-refractivity contribution is 9.11. The van der Waals surface area contributed by atoms with Crippen LogP contribution < -0.4 is 9.46 Å². The van der Waals surface area contributed by atoms with Gasteiger partial charge in [-0.3, -0.25) is 4.72 Å². The largest absolute Gasteiger partial charge is 0.494 e. The SMILES string of the molecule is CCOc1ccc(NS(=O)(=O)c2cc(Br)sc2C)c(C)c1. The van der Waals surface area contributed by atoms with E-state index in [9.17, 15) is 8.42 Å². The monoisotopic (exact) mass is 389 g/mol. The Kier molecular flexibility index (Phi) is 4.95. The average molecular weight is 390 g/mol. The van der Waals surface area contributed by atoms with Gasteiger partial charge in [0.1, 0.15) is 10.6 Å². The molecule has 1 N–H and O–H groups in total. The van der Waals surface area contributed by atoms with E-state index in [2.05, 4.69) is 20.7 Å². The molecule has 2 aromatic rings. The van der Waals surface area contributed by atoms with E-state index >= 15 is 0 Å². The molecule has 0 fully saturated rings. The number of nitrogens with one attached hydrogen (secondary N) is 1. The summed E-state index contributed by atoms with van der Waals surface area (Å²) < 4.78 is 33.7. The Hall–Kier alpha value is -1.05. The van der Waals surface area contributed by atoms with Gasteiger partial charge in [-0.05, 0) is 66.5 Å². The van der Waals surface area contributed by atoms with E-state index in [0.717, 1.165) is 20.0 Å². The second kappa shape index (κ2) is 6.37. The van der Waals surface area contributed by atoms with Gasteiger partial charge in [-0.1, -0.05) is 0 Å². The summed E-state index contributed by atoms with van der Waals surface area (Å²) in [6, 6.07) is 6.91. The van der Waals surface area contributed by atoms with Gasteiger partial charge >= 0.3 is 0 Å². The summed E-state index contributed by atoms with van der Waals surface area (Å²) in [6.45, 7) is 6.11. The molecule has 0 bridgehead atoms. The molecular weight excluding hydrogens is 374 g/mol. The zero-order valence-electron chi connectivity index (χ0n) is 11.9. The number of thiophene rings is 1. The minimum absolute atomic E-state index is 0.299. The van der Waals surface area contributed by atoms with E-state index in [-0.39, 0.29) is 0 Å². The molecular formula is C14H16BrNO3S2. The van der Waals surface area contributed by atoms with Crippen molar-refractivity contribution in [2.24, 2.45) is 0 Å². The minimum atomic E-state index is -3.58. The lowest BCUT2D eigenvalue weighted by molar-refractivity contribution is 0.340. The first-order chi connectivity index (χ1) is 9.83. The fraction of sp³-hybridized carbons (Fsp3) is 0.286. The van der Waals surface area contributed by atoms with Gasteiger partial charge in [0.25, 0.3) is 10.0 Å². The number of benzene rings is 1. The van der Waals surface area contributed by atoms with E-state index in [4.69, 9.17) is 4.74 Å². The molecule has 0 saturated carbocycles. The average Bonchev–Trinajstić information content (AvgIpc) is 2.73. The highest BCUT2D eigenvalue weighted by Crippen LogP contribution is 2.31. The van der Waals surface area contributed by atoms with Gasteiger partial charge < -0.3 is 4.74 Å². The molecule has 1 aromatic carbocycles. The fourth-order valence-corrected chi connectivity index (χ4v) is 5.45. The molecule has 0 spiro atoms. The van der Waals surface area contributed by atoms with Crippen molar-refractivity contribution in [1.82, 2.24) is 0 Å². The summed E-state index contributed by atoms with van der Waals surface area (Å²) in [5.41, 5.74) is 1.37. The lowest BCUT2D eigenvalue weighted by Gasteiger charge is -2.12. The zero-order valence-corrected chi connectivity index (χ0v) is 15.2. The Bertz CT molecular complexity index is 754. The van der Waals surface area contributed by atoms with Crippen LogP contribution in [-0.2, 0) is 10.0 Å². The van der Waals surface area contributed by atoms with E-state index in [1.807, 2.05) is 19.9 Å². The molecule has 0 aliphatic carbocycles. The van der Waals surface area contributed by atoms with Crippen molar-refractivity contribution in [3.8, 4) is 5.75 Å². The molecule has 0 saturated heterocycles. The molecule has 1 aromatic heterocycles. The maximum atomic E-state index is 12.4. The molecule has 0 aliphatic heterocycles. The van der Waals surface area contributed by atoms with Crippen LogP contribution in [0.15, 0.2) is 32.9 Å². The van der Waals surface area contributed by atoms with Crippen molar-refractivity contribution in [2.45, 2.75) is 25.7 Å². The number of hydrogen-bond acceptors (Lipinski definition) is 4. The molecule has 114 valence electrons. The van der Waals surface area contributed by atoms with Crippen molar-refractivity contribution in [3.63, 3.8) is 0 Å². The molecule has 0 radical (unpaired) electrons. The van der Waals surface area contributed by atoms with Crippen molar-refractivity contribution < 1.29 is 13.2 Å². The molecule has 0 unspecified atom stereocenters. The minimum Gasteiger partial charge on any atom is -0.494 e. The molecule has 7 heteroatoms. The van der Waals surface area contributed by atoms with Crippen LogP contribution in [0.2, 0.25) is 0 Å². The third kappa shape index (κ3) is 3.78. The van der Waals surface area contributed by atoms with Crippen molar-refractivity contribution in [1.29, 1.82) is 0 Å². The maximum Gasteiger partial charge on any atom is 0.263 e. The molecule has 1 heterocycles. The Morgan fingerprint density at radius 2 is 2.00 bits per heavy atom. The van der Waals surface area contributed by atoms with E-state index in [0.29, 0.717) is 17.2 Å². The molecule has 0 atom stereocenters. The highest BCUT2D eigenvalue weighted by atomic mass is 79.9. The summed E-state index contributed by atoms with van der Waals surface area (Å²) in [4.78, 5) is 1.05. The first-order valence-electron chi connectivity index (χ1n) is 6.35. The second-order valence-corrected chi connectivity index (χ2v) is 8.77. The van der Waals surface area contributed by atoms with Gasteiger partial charge in [0.05, 0.1) is 16.1 Å². The number of hydrogen-bond donors (Lipinski definition) is 1. The van der Waals surface area contributed by atoms with E-state index in [1.54, 1.807) is 25.1 Å². The van der Waals surface area contributed by atoms with Crippen molar-refractivity contribution in [2.75, 3.05) is 11.3 Å². The van der Waals surface area contributed by atoms with Crippen molar-refractivity contribution >= 4 is 43.0 Å². The van der Waals surface area contributed by atoms with Gasteiger partial charge in [0.15, 0.2) is 0 Å². The summed E-state index contributed by atoms with van der Waals surface area (Å²) in [5.74, 6) is 0.729. The Morgan fingerprint density at radius 3 is 2.52 bits per heavy atom. The Labute approximate surface area is 137 Å². The number of anilines is 1. The highest BCUT2D eigenvalue weighted by Gasteiger charge is 2.20. The van der Waals surface area contributed by atoms with Crippen LogP contribution in [-0.4, -0.2) is 15.0 Å². The topological polar surface area (TPSA) is 55.4 Å². The zero-order chi connectivity index (χ0) is 15.6. The Morgan fingerprint density at radius 1 is 1.29 bits per heavy atom. The molecule has 0 amide bonds. The number of halogens is 1. The summed E-state index contributed by atoms with van der Waals surface area (Å²) in [7, 11) is -3.58. The van der Waals surface area contributed by atoms with Crippen LogP contribution in [0.5, 0.6) is 5.75 Å². The number of aryl methyl sites for hydroxylation is 2. The lowest BCUT2D eigenvalue weighted by atomic mass is 10.2. The van der Waals surface area contributed by atoms with Gasteiger partial charge in [-0.15, -0.1) is 11.3 Å². The molecule has 2 rings (SSSR count). The van der Waals surface area contributed by atoms with Crippen LogP contribution in [0.1, 0.15) is 17.4 Å². The number of ether oxygens (including phenoxy) is 1. The first kappa shape index (κ1) is 16.3. The third-order valence-electron chi connectivity index (χ3n) is 2.88. The summed E-state index contributed by atoms with van der Waals surface area (Å²) in [6.07, 6.45) is 0. The van der Waals surface area contributed by atoms with Crippen LogP contribution in [0.25, 0.3) is 0 Å². The summed E-state index contributed by atoms with van der Waals surface area (Å²) in [5, 5.41) is 0. The van der Waals surface area contributed by atoms with Gasteiger partial charge in [0.2, 0.25) is 0 Å². The predicted molar refractivity (Wildman–Crippen MR) is 89.9 cm³/mol. The van der Waals surface area contributed by atoms with E-state index in [1.165, 1.54) is 11.3 Å². The quantitative estimate of drug-likeness (QED) is 0.827. The predicted octanol–water partition coefficient (Wildman–Crippen LogP) is 4.33. The molecule has 21 heavy (non-hydrogen) atoms. The van der Waals surface area contributed by atoms with Gasteiger partial charge in [-0.25, -0.2) is 8.42 Å². The standard InChI is InChI=1S/C14H16BrNO3S2/c1-4-19-11-5-6-12(9(2)7-11)16-21(17,18)13-8-14(15)20-10(13)3/h5-8,16H,4H2,1-3H3. The van der Waals surface area contributed by atoms with Crippen molar-refractivity contribution in [3.05, 3.63) is 38.5 Å². The van der Waals surface area contributed by atoms with Gasteiger partial charge in [-0.2, -0.15) is 0 Å². The second-order valence-electron chi connectivity index (χ2n) is 4.49. The van der Waals surface area contributed by atoms with Crippen LogP contribution in [0, 0.1) is 13.8 Å². The normalized spacial score (nSPS) is 11.4. The number of rotatable bonds is 5. The third-order valence-corrected chi connectivity index (χ3v) is 6.06. The summed E-state index contributed by atoms with van der Waals surface area (Å²) >= 11 is 4.71. The maximum absolute atomic E-state index is 12.4. The van der Waals surface area contributed by atoms with E-state index < -0.39 is 10.0 Å². The Balaban J connectivity index is 2.31. The molecule has 0 aliphatic rings. The smallest absolute Gasteiger partial charge is 0.263 e. The molecule has 4 nitrogen and oxygen atoms in total. The fourth-order valence-electron chi connectivity index (χ4n) is 1.90. The van der Waals surface area contributed by atoms with Crippen LogP contribution >= 0.6 is 27.3 Å². The van der Waals surface area contributed by atoms with Crippen LogP contribution in [0.4, 0.5) is 5.69 Å². The van der Waals surface area contributed by atoms with Crippen LogP contribution in [0.3, 0.4) is 0 Å². The first-order valence-corrected chi connectivity index (χ1v) is 9.45. The number of sulfonamides is 1. The lowest BCUT2D eigenvalue weighted by Crippen LogP contribution is -2.14.